The molecule has 0 aromatic heterocycles. The second-order valence-corrected chi connectivity index (χ2v) is 13.6. The van der Waals surface area contributed by atoms with Crippen molar-refractivity contribution in [2.24, 2.45) is 5.41 Å². The first-order valence-electron chi connectivity index (χ1n) is 10.0. The summed E-state index contributed by atoms with van der Waals surface area (Å²) >= 11 is 0. The van der Waals surface area contributed by atoms with E-state index in [9.17, 15) is 4.79 Å². The van der Waals surface area contributed by atoms with E-state index in [0.717, 1.165) is 6.42 Å². The molecule has 0 aromatic rings. The fourth-order valence-corrected chi connectivity index (χ4v) is 5.02. The third-order valence-corrected chi connectivity index (χ3v) is 7.25. The lowest BCUT2D eigenvalue weighted by Crippen LogP contribution is -2.23. The van der Waals surface area contributed by atoms with E-state index in [4.69, 9.17) is 4.74 Å². The second-order valence-electron chi connectivity index (χ2n) is 8.79. The Morgan fingerprint density at radius 1 is 0.958 bits per heavy atom. The Bertz CT molecular complexity index is 353. The van der Waals surface area contributed by atoms with E-state index in [2.05, 4.69) is 31.8 Å². The first kappa shape index (κ1) is 23.4. The zero-order valence-electron chi connectivity index (χ0n) is 17.2. The highest BCUT2D eigenvalue weighted by Gasteiger charge is 2.22. The molecule has 0 rings (SSSR count). The average molecular weight is 355 g/mol. The summed E-state index contributed by atoms with van der Waals surface area (Å²) in [5, 5.41) is 0. The second kappa shape index (κ2) is 12.7. The molecule has 3 heteroatoms. The molecule has 0 N–H and O–H groups in total. The van der Waals surface area contributed by atoms with Crippen LogP contribution in [0, 0.1) is 5.41 Å². The SMILES string of the molecule is CCC[Si](C)(C)/C=C/CCCCCCCCCOC(=O)C(C)(C)C. The van der Waals surface area contributed by atoms with Crippen molar-refractivity contribution >= 4 is 14.0 Å². The highest BCUT2D eigenvalue weighted by molar-refractivity contribution is 6.82. The van der Waals surface area contributed by atoms with E-state index in [1.165, 1.54) is 57.4 Å². The average Bonchev–Trinajstić information content (AvgIpc) is 2.47. The normalized spacial score (nSPS) is 12.8. The van der Waals surface area contributed by atoms with Gasteiger partial charge in [-0.15, -0.1) is 0 Å². The van der Waals surface area contributed by atoms with Crippen LogP contribution in [0.3, 0.4) is 0 Å². The first-order valence-corrected chi connectivity index (χ1v) is 13.3. The number of carbonyl (C=O) groups is 1. The number of hydrogen-bond donors (Lipinski definition) is 0. The Kier molecular flexibility index (Phi) is 12.4. The van der Waals surface area contributed by atoms with Gasteiger partial charge in [-0.1, -0.05) is 76.4 Å². The van der Waals surface area contributed by atoms with Crippen LogP contribution >= 0.6 is 0 Å². The number of esters is 1. The van der Waals surface area contributed by atoms with Crippen molar-refractivity contribution in [3.05, 3.63) is 11.8 Å². The number of unbranched alkanes of at least 4 members (excludes halogenated alkanes) is 7. The van der Waals surface area contributed by atoms with Gasteiger partial charge < -0.3 is 4.74 Å². The molecule has 2 nitrogen and oxygen atoms in total. The van der Waals surface area contributed by atoms with Gasteiger partial charge in [-0.2, -0.15) is 0 Å². The highest BCUT2D eigenvalue weighted by atomic mass is 28.3. The molecule has 0 bridgehead atoms. The third kappa shape index (κ3) is 13.8. The van der Waals surface area contributed by atoms with Crippen LogP contribution in [0.25, 0.3) is 0 Å². The summed E-state index contributed by atoms with van der Waals surface area (Å²) in [4.78, 5) is 11.6. The molecule has 0 fully saturated rings. The molecule has 0 atom stereocenters. The van der Waals surface area contributed by atoms with Crippen LogP contribution in [-0.4, -0.2) is 20.7 Å². The van der Waals surface area contributed by atoms with E-state index < -0.39 is 8.07 Å². The van der Waals surface area contributed by atoms with Gasteiger partial charge in [-0.25, -0.2) is 0 Å². The highest BCUT2D eigenvalue weighted by Crippen LogP contribution is 2.16. The molecule has 0 aliphatic rings. The molecule has 0 saturated heterocycles. The first-order chi connectivity index (χ1) is 11.2. The zero-order chi connectivity index (χ0) is 18.5. The van der Waals surface area contributed by atoms with Crippen LogP contribution < -0.4 is 0 Å². The van der Waals surface area contributed by atoms with Crippen molar-refractivity contribution < 1.29 is 9.53 Å². The van der Waals surface area contributed by atoms with Gasteiger partial charge in [0.1, 0.15) is 0 Å². The fraction of sp³-hybridized carbons (Fsp3) is 0.857. The lowest BCUT2D eigenvalue weighted by Gasteiger charge is -2.16. The molecule has 0 unspecified atom stereocenters. The smallest absolute Gasteiger partial charge is 0.311 e. The van der Waals surface area contributed by atoms with Crippen molar-refractivity contribution in [1.82, 2.24) is 0 Å². The Labute approximate surface area is 152 Å². The summed E-state index contributed by atoms with van der Waals surface area (Å²) in [5.41, 5.74) is 2.16. The Balaban J connectivity index is 3.41. The van der Waals surface area contributed by atoms with Crippen LogP contribution in [0.5, 0.6) is 0 Å². The molecule has 0 aliphatic carbocycles. The summed E-state index contributed by atoms with van der Waals surface area (Å²) < 4.78 is 5.28. The standard InChI is InChI=1S/C21H42O2Si/c1-7-18-24(5,6)19-16-14-12-10-8-9-11-13-15-17-23-20(22)21(2,3)4/h16,19H,7-15,17-18H2,1-6H3/b19-16+. The molecule has 24 heavy (non-hydrogen) atoms. The predicted octanol–water partition coefficient (Wildman–Crippen LogP) is 6.91. The van der Waals surface area contributed by atoms with Gasteiger partial charge in [-0.05, 0) is 40.0 Å². The summed E-state index contributed by atoms with van der Waals surface area (Å²) in [6, 6.07) is 1.41. The van der Waals surface area contributed by atoms with Crippen LogP contribution in [-0.2, 0) is 9.53 Å². The summed E-state index contributed by atoms with van der Waals surface area (Å²) in [6.07, 6.45) is 13.8. The molecule has 0 amide bonds. The van der Waals surface area contributed by atoms with Crippen LogP contribution in [0.4, 0.5) is 0 Å². The molecule has 0 aromatic carbocycles. The lowest BCUT2D eigenvalue weighted by molar-refractivity contribution is -0.153. The molecule has 142 valence electrons. The van der Waals surface area contributed by atoms with Crippen molar-refractivity contribution in [3.63, 3.8) is 0 Å². The molecule has 0 aliphatic heterocycles. The molecule has 0 saturated carbocycles. The van der Waals surface area contributed by atoms with Crippen molar-refractivity contribution in [1.29, 1.82) is 0 Å². The monoisotopic (exact) mass is 354 g/mol. The van der Waals surface area contributed by atoms with Crippen LogP contribution in [0.1, 0.15) is 85.5 Å². The van der Waals surface area contributed by atoms with E-state index in [0.29, 0.717) is 6.61 Å². The number of ether oxygens (including phenoxy) is 1. The molecular formula is C21H42O2Si. The van der Waals surface area contributed by atoms with Gasteiger partial charge >= 0.3 is 5.97 Å². The largest absolute Gasteiger partial charge is 0.465 e. The van der Waals surface area contributed by atoms with Gasteiger partial charge in [0.15, 0.2) is 0 Å². The van der Waals surface area contributed by atoms with Gasteiger partial charge in [0.2, 0.25) is 0 Å². The Hall–Kier alpha value is -0.573. The topological polar surface area (TPSA) is 26.3 Å². The van der Waals surface area contributed by atoms with Crippen LogP contribution in [0.15, 0.2) is 11.8 Å². The Morgan fingerprint density at radius 3 is 2.04 bits per heavy atom. The maximum absolute atomic E-state index is 11.6. The summed E-state index contributed by atoms with van der Waals surface area (Å²) in [5.74, 6) is -0.0827. The van der Waals surface area contributed by atoms with Gasteiger partial charge in [-0.3, -0.25) is 4.79 Å². The number of rotatable bonds is 13. The van der Waals surface area contributed by atoms with Crippen molar-refractivity contribution in [3.8, 4) is 0 Å². The molecular weight excluding hydrogens is 312 g/mol. The van der Waals surface area contributed by atoms with E-state index in [1.54, 1.807) is 0 Å². The third-order valence-electron chi connectivity index (χ3n) is 4.32. The quantitative estimate of drug-likeness (QED) is 0.204. The summed E-state index contributed by atoms with van der Waals surface area (Å²) in [7, 11) is -1.03. The van der Waals surface area contributed by atoms with Crippen molar-refractivity contribution in [2.75, 3.05) is 6.61 Å². The van der Waals surface area contributed by atoms with E-state index in [-0.39, 0.29) is 11.4 Å². The summed E-state index contributed by atoms with van der Waals surface area (Å²) in [6.45, 7) is 13.5. The van der Waals surface area contributed by atoms with E-state index in [1.807, 2.05) is 20.8 Å². The number of allylic oxidation sites excluding steroid dienone is 1. The number of hydrogen-bond acceptors (Lipinski definition) is 2. The predicted molar refractivity (Wildman–Crippen MR) is 109 cm³/mol. The fourth-order valence-electron chi connectivity index (χ4n) is 2.76. The van der Waals surface area contributed by atoms with Crippen LogP contribution in [0.2, 0.25) is 19.1 Å². The minimum Gasteiger partial charge on any atom is -0.465 e. The van der Waals surface area contributed by atoms with Gasteiger partial charge in [0.05, 0.1) is 20.1 Å². The maximum Gasteiger partial charge on any atom is 0.311 e. The minimum absolute atomic E-state index is 0.0827. The van der Waals surface area contributed by atoms with Gasteiger partial charge in [0.25, 0.3) is 0 Å². The lowest BCUT2D eigenvalue weighted by atomic mass is 9.97. The maximum atomic E-state index is 11.6. The molecule has 0 heterocycles. The zero-order valence-corrected chi connectivity index (χ0v) is 18.2. The van der Waals surface area contributed by atoms with Gasteiger partial charge in [0, 0.05) is 0 Å². The molecule has 0 spiro atoms. The number of carbonyl (C=O) groups excluding carboxylic acids is 1. The molecule has 0 radical (unpaired) electrons. The minimum atomic E-state index is -1.03. The Morgan fingerprint density at radius 2 is 1.50 bits per heavy atom. The van der Waals surface area contributed by atoms with Crippen molar-refractivity contribution in [2.45, 2.75) is 105 Å². The van der Waals surface area contributed by atoms with E-state index >= 15 is 0 Å².